The van der Waals surface area contributed by atoms with Crippen molar-refractivity contribution in [2.75, 3.05) is 19.2 Å². The Hall–Kier alpha value is -0.930. The fraction of sp³-hybridized carbons (Fsp3) is 0.786. The van der Waals surface area contributed by atoms with E-state index in [1.165, 1.54) is 19.7 Å². The summed E-state index contributed by atoms with van der Waals surface area (Å²) in [7, 11) is 2.86. The first kappa shape index (κ1) is 46.3. The lowest BCUT2D eigenvalue weighted by molar-refractivity contribution is -0.679. The van der Waals surface area contributed by atoms with Gasteiger partial charge in [0.2, 0.25) is 0 Å². The van der Waals surface area contributed by atoms with E-state index in [-0.39, 0.29) is 31.0 Å². The van der Waals surface area contributed by atoms with Crippen LogP contribution in [0.4, 0.5) is 9.59 Å². The topological polar surface area (TPSA) is 177 Å². The number of alkyl halides is 1. The van der Waals surface area contributed by atoms with Crippen LogP contribution in [0, 0.1) is 0 Å². The van der Waals surface area contributed by atoms with Crippen molar-refractivity contribution in [3.8, 4) is 0 Å². The highest BCUT2D eigenvalue weighted by Gasteiger charge is 2.15. The summed E-state index contributed by atoms with van der Waals surface area (Å²) >= 11 is 2.15. The average molecular weight is 582 g/mol. The van der Waals surface area contributed by atoms with Crippen LogP contribution < -0.4 is 29.3 Å². The van der Waals surface area contributed by atoms with E-state index in [9.17, 15) is 9.59 Å². The zero-order valence-electron chi connectivity index (χ0n) is 18.1. The molecule has 0 aromatic heterocycles. The van der Waals surface area contributed by atoms with E-state index in [2.05, 4.69) is 42.9 Å². The second kappa shape index (κ2) is 31.8. The Kier molecular flexibility index (Phi) is 50.7. The fourth-order valence-electron chi connectivity index (χ4n) is 0.683. The van der Waals surface area contributed by atoms with Crippen molar-refractivity contribution in [2.24, 2.45) is 0 Å². The Bertz CT molecular complexity index is 388. The first-order chi connectivity index (χ1) is 12.2. The lowest BCUT2D eigenvalue weighted by Crippen LogP contribution is -3.00. The van der Waals surface area contributed by atoms with Crippen LogP contribution in [0.15, 0.2) is 0 Å². The minimum atomic E-state index is -0.831. The van der Waals surface area contributed by atoms with E-state index < -0.39 is 23.4 Å². The van der Waals surface area contributed by atoms with E-state index in [0.29, 0.717) is 0 Å². The van der Waals surface area contributed by atoms with Crippen molar-refractivity contribution < 1.29 is 61.8 Å². The number of hydroxylamine groups is 2. The molecule has 0 spiro atoms. The number of quaternary nitrogens is 1. The van der Waals surface area contributed by atoms with Gasteiger partial charge >= 0.3 is 18.3 Å². The summed E-state index contributed by atoms with van der Waals surface area (Å²) in [6.45, 7) is 10.5. The maximum absolute atomic E-state index is 10.6. The van der Waals surface area contributed by atoms with Gasteiger partial charge in [-0.25, -0.2) is 25.8 Å². The molecular formula is C14H34Cl2IN3O9. The summed E-state index contributed by atoms with van der Waals surface area (Å²) in [5.41, 5.74) is 2.38. The van der Waals surface area contributed by atoms with Crippen LogP contribution in [0.25, 0.3) is 0 Å². The second-order valence-electron chi connectivity index (χ2n) is 5.79. The van der Waals surface area contributed by atoms with Gasteiger partial charge < -0.3 is 21.9 Å². The Morgan fingerprint density at radius 3 is 1.31 bits per heavy atom. The van der Waals surface area contributed by atoms with Crippen LogP contribution >= 0.6 is 35.0 Å². The predicted molar refractivity (Wildman–Crippen MR) is 110 cm³/mol. The molecule has 15 heteroatoms. The van der Waals surface area contributed by atoms with Crippen LogP contribution in [0.1, 0.15) is 41.5 Å². The van der Waals surface area contributed by atoms with Crippen molar-refractivity contribution in [3.63, 3.8) is 0 Å². The van der Waals surface area contributed by atoms with Gasteiger partial charge in [-0.15, -0.1) is 12.4 Å². The third-order valence-electron chi connectivity index (χ3n) is 1.07. The van der Waals surface area contributed by atoms with Gasteiger partial charge in [-0.2, -0.15) is 15.1 Å². The second-order valence-corrected chi connectivity index (χ2v) is 5.79. The SMILES string of the molecule is CC(C)(C)OC(=O)NO.CC(C)(C)OC(=O)NO[11CH3].Cl.O=[11C]=O.[11CH3]I.[11CH3]O[NH3+].[Cl-]. The monoisotopic (exact) mass is 581 g/mol. The summed E-state index contributed by atoms with van der Waals surface area (Å²) in [6, 6.07) is 0. The van der Waals surface area contributed by atoms with Crippen LogP contribution in [0.5, 0.6) is 0 Å². The highest BCUT2D eigenvalue weighted by Crippen LogP contribution is 2.06. The fourth-order valence-corrected chi connectivity index (χ4v) is 0.683. The largest absolute Gasteiger partial charge is 1.00 e. The molecule has 0 aliphatic rings. The van der Waals surface area contributed by atoms with E-state index >= 15 is 0 Å². The number of nitrogens with one attached hydrogen (secondary N) is 2. The molecule has 0 bridgehead atoms. The van der Waals surface area contributed by atoms with Gasteiger partial charge in [0.05, 0.1) is 14.2 Å². The first-order valence-electron chi connectivity index (χ1n) is 7.04. The van der Waals surface area contributed by atoms with Gasteiger partial charge in [0, 0.05) is 0 Å². The highest BCUT2D eigenvalue weighted by molar-refractivity contribution is 14.1. The molecule has 0 radical (unpaired) electrons. The van der Waals surface area contributed by atoms with Crippen LogP contribution in [-0.2, 0) is 28.7 Å². The third-order valence-corrected chi connectivity index (χ3v) is 1.07. The Morgan fingerprint density at radius 2 is 1.17 bits per heavy atom. The molecule has 0 aliphatic carbocycles. The molecule has 0 saturated heterocycles. The molecule has 0 saturated carbocycles. The van der Waals surface area contributed by atoms with Crippen molar-refractivity contribution in [3.05, 3.63) is 0 Å². The average Bonchev–Trinajstić information content (AvgIpc) is 2.48. The minimum Gasteiger partial charge on any atom is -1.00 e. The smallest absolute Gasteiger partial charge is 0.431 e. The van der Waals surface area contributed by atoms with Gasteiger partial charge in [-0.3, -0.25) is 10.0 Å². The van der Waals surface area contributed by atoms with Gasteiger partial charge in [0.25, 0.3) is 0 Å². The quantitative estimate of drug-likeness (QED) is 0.126. The molecule has 12 nitrogen and oxygen atoms in total. The zero-order chi connectivity index (χ0) is 23.1. The number of rotatable bonds is 1. The number of carbonyl (C=O) groups is 2. The molecular weight excluding hydrogens is 548 g/mol. The number of halogens is 3. The molecule has 0 heterocycles. The standard InChI is InChI=1S/C6H13NO3.C5H11NO3.CH3I.CH6NO.CO2.2ClH/c1-6(2,3)10-5(8)7-9-4;1-5(2,3)9-4(7)6-8;1-2;1-3-2;2-1-3;;/h1-4H3,(H,7,8);8H,1-3H3,(H,6,7);1H3;1-2H3;;2*1H/q;;;+1;;;/p-1/i4-1;;3*1-1;;. The maximum Gasteiger partial charge on any atom is 0.431 e. The molecule has 0 unspecified atom stereocenters. The maximum atomic E-state index is 10.6. The van der Waals surface area contributed by atoms with E-state index in [1.54, 1.807) is 41.5 Å². The normalized spacial score (nSPS) is 8.14. The number of ether oxygens (including phenoxy) is 2. The van der Waals surface area contributed by atoms with Gasteiger partial charge in [-0.05, 0) is 46.5 Å². The summed E-state index contributed by atoms with van der Waals surface area (Å²) < 4.78 is 9.39. The Balaban J connectivity index is -0.0000000468. The number of carbonyl (C=O) groups excluding carboxylic acids is 4. The summed E-state index contributed by atoms with van der Waals surface area (Å²) in [6.07, 6.45) is -1.16. The van der Waals surface area contributed by atoms with Crippen molar-refractivity contribution >= 4 is 53.3 Å². The molecule has 0 rings (SSSR count). The van der Waals surface area contributed by atoms with Gasteiger partial charge in [0.15, 0.2) is 0 Å². The van der Waals surface area contributed by atoms with Crippen LogP contribution in [0.3, 0.4) is 0 Å². The number of amides is 2. The van der Waals surface area contributed by atoms with Crippen molar-refractivity contribution in [1.82, 2.24) is 11.0 Å². The number of hydrogen-bond acceptors (Lipinski definition) is 9. The molecule has 0 atom stereocenters. The zero-order valence-corrected chi connectivity index (χ0v) is 21.8. The lowest BCUT2D eigenvalue weighted by Gasteiger charge is -2.18. The predicted octanol–water partition coefficient (Wildman–Crippen LogP) is -1.34. The molecule has 2 amide bonds. The summed E-state index contributed by atoms with van der Waals surface area (Å²) in [4.78, 5) is 47.4. The molecule has 6 N–H and O–H groups in total. The van der Waals surface area contributed by atoms with Crippen molar-refractivity contribution in [1.29, 1.82) is 0 Å². The summed E-state index contributed by atoms with van der Waals surface area (Å²) in [5, 5.41) is 7.97. The molecule has 180 valence electrons. The van der Waals surface area contributed by atoms with Crippen LogP contribution in [0.2, 0.25) is 0 Å². The van der Waals surface area contributed by atoms with E-state index in [0.717, 1.165) is 0 Å². The molecule has 0 aromatic rings. The van der Waals surface area contributed by atoms with Crippen molar-refractivity contribution in [2.45, 2.75) is 52.7 Å². The molecule has 0 fully saturated rings. The van der Waals surface area contributed by atoms with Gasteiger partial charge in [0.1, 0.15) is 11.2 Å². The molecule has 0 aliphatic heterocycles. The molecule has 29 heavy (non-hydrogen) atoms. The summed E-state index contributed by atoms with van der Waals surface area (Å²) in [5.74, 6) is 2.99. The van der Waals surface area contributed by atoms with E-state index in [4.69, 9.17) is 19.5 Å². The van der Waals surface area contributed by atoms with E-state index in [1.807, 2.05) is 10.4 Å². The van der Waals surface area contributed by atoms with Crippen LogP contribution in [-0.4, -0.2) is 53.9 Å². The molecule has 0 aromatic carbocycles. The third kappa shape index (κ3) is 85.9. The first-order valence-corrected chi connectivity index (χ1v) is 9.20. The number of hydrogen-bond donors (Lipinski definition) is 4. The lowest BCUT2D eigenvalue weighted by atomic mass is 10.2. The highest BCUT2D eigenvalue weighted by atomic mass is 127. The minimum absolute atomic E-state index is 0. The Labute approximate surface area is 197 Å². The van der Waals surface area contributed by atoms with Gasteiger partial charge in [-0.1, -0.05) is 22.6 Å². The Morgan fingerprint density at radius 1 is 0.931 bits per heavy atom.